The number of carbonyl (C=O) groups excluding carboxylic acids is 2. The summed E-state index contributed by atoms with van der Waals surface area (Å²) in [5.74, 6) is -0.452. The van der Waals surface area contributed by atoms with Crippen molar-refractivity contribution in [3.63, 3.8) is 0 Å². The molecule has 1 amide bonds. The van der Waals surface area contributed by atoms with Crippen LogP contribution in [0.15, 0.2) is 59.5 Å². The molecule has 0 bridgehead atoms. The molecule has 1 N–H and O–H groups in total. The van der Waals surface area contributed by atoms with Gasteiger partial charge < -0.3 is 10.1 Å². The van der Waals surface area contributed by atoms with Crippen molar-refractivity contribution in [2.24, 2.45) is 0 Å². The summed E-state index contributed by atoms with van der Waals surface area (Å²) in [4.78, 5) is 24.8. The van der Waals surface area contributed by atoms with Crippen LogP contribution in [0.1, 0.15) is 24.5 Å². The van der Waals surface area contributed by atoms with Gasteiger partial charge in [0.1, 0.15) is 0 Å². The zero-order valence-electron chi connectivity index (χ0n) is 15.2. The number of aryl methyl sites for hydroxylation is 2. The van der Waals surface area contributed by atoms with Crippen LogP contribution >= 0.6 is 11.8 Å². The fourth-order valence-corrected chi connectivity index (χ4v) is 3.29. The first-order valence-corrected chi connectivity index (χ1v) is 9.70. The lowest BCUT2D eigenvalue weighted by Crippen LogP contribution is -2.36. The van der Waals surface area contributed by atoms with Gasteiger partial charge in [0, 0.05) is 10.9 Å². The number of amides is 1. The maximum atomic E-state index is 11.9. The van der Waals surface area contributed by atoms with Gasteiger partial charge in [-0.1, -0.05) is 48.5 Å². The second-order valence-electron chi connectivity index (χ2n) is 6.21. The van der Waals surface area contributed by atoms with Crippen molar-refractivity contribution < 1.29 is 14.3 Å². The summed E-state index contributed by atoms with van der Waals surface area (Å²) in [7, 11) is 0. The van der Waals surface area contributed by atoms with Crippen molar-refractivity contribution >= 4 is 23.6 Å². The van der Waals surface area contributed by atoms with Crippen molar-refractivity contribution in [2.45, 2.75) is 37.6 Å². The molecule has 0 radical (unpaired) electrons. The number of thioether (sulfide) groups is 1. The predicted octanol–water partition coefficient (Wildman–Crippen LogP) is 3.77. The average molecular weight is 372 g/mol. The summed E-state index contributed by atoms with van der Waals surface area (Å²) in [5, 5.41) is 2.87. The van der Waals surface area contributed by atoms with Crippen LogP contribution in [0.25, 0.3) is 0 Å². The predicted molar refractivity (Wildman–Crippen MR) is 105 cm³/mol. The zero-order valence-corrected chi connectivity index (χ0v) is 16.1. The van der Waals surface area contributed by atoms with Crippen molar-refractivity contribution in [1.29, 1.82) is 0 Å². The average Bonchev–Trinajstić information content (AvgIpc) is 2.65. The Morgan fingerprint density at radius 2 is 1.77 bits per heavy atom. The van der Waals surface area contributed by atoms with E-state index in [1.165, 1.54) is 17.3 Å². The van der Waals surface area contributed by atoms with E-state index in [0.29, 0.717) is 0 Å². The number of carbonyl (C=O) groups is 2. The topological polar surface area (TPSA) is 55.4 Å². The number of nitrogens with one attached hydrogen (secondary N) is 1. The smallest absolute Gasteiger partial charge is 0.316 e. The van der Waals surface area contributed by atoms with Gasteiger partial charge in [-0.05, 0) is 43.9 Å². The van der Waals surface area contributed by atoms with Crippen LogP contribution in [-0.4, -0.2) is 30.3 Å². The molecular formula is C21H25NO3S. The minimum Gasteiger partial charge on any atom is -0.455 e. The molecule has 0 aliphatic heterocycles. The second kappa shape index (κ2) is 10.7. The number of ether oxygens (including phenoxy) is 1. The number of rotatable bonds is 9. The van der Waals surface area contributed by atoms with Crippen LogP contribution in [0.4, 0.5) is 0 Å². The standard InChI is InChI=1S/C21H25NO3S/c1-16-8-6-7-11-19(16)26-15-21(24)25-14-20(23)22-17(2)12-13-18-9-4-3-5-10-18/h3-11,17H,12-15H2,1-2H3,(H,22,23)/t17-/m1/s1. The lowest BCUT2D eigenvalue weighted by molar-refractivity contribution is -0.146. The van der Waals surface area contributed by atoms with Crippen LogP contribution in [0.5, 0.6) is 0 Å². The molecule has 0 fully saturated rings. The molecule has 0 aromatic heterocycles. The summed E-state index contributed by atoms with van der Waals surface area (Å²) in [5.41, 5.74) is 2.36. The van der Waals surface area contributed by atoms with E-state index in [-0.39, 0.29) is 30.3 Å². The monoisotopic (exact) mass is 371 g/mol. The third kappa shape index (κ3) is 7.31. The molecule has 0 saturated carbocycles. The first-order valence-electron chi connectivity index (χ1n) is 8.72. The van der Waals surface area contributed by atoms with Gasteiger partial charge in [0.25, 0.3) is 5.91 Å². The largest absolute Gasteiger partial charge is 0.455 e. The maximum Gasteiger partial charge on any atom is 0.316 e. The second-order valence-corrected chi connectivity index (χ2v) is 7.22. The minimum absolute atomic E-state index is 0.0303. The first-order chi connectivity index (χ1) is 12.5. The molecule has 0 heterocycles. The highest BCUT2D eigenvalue weighted by molar-refractivity contribution is 8.00. The van der Waals surface area contributed by atoms with E-state index in [4.69, 9.17) is 4.74 Å². The van der Waals surface area contributed by atoms with Gasteiger partial charge in [-0.2, -0.15) is 0 Å². The maximum absolute atomic E-state index is 11.9. The highest BCUT2D eigenvalue weighted by Crippen LogP contribution is 2.21. The molecule has 2 aromatic rings. The van der Waals surface area contributed by atoms with Gasteiger partial charge in [0.2, 0.25) is 0 Å². The van der Waals surface area contributed by atoms with Crippen molar-refractivity contribution in [1.82, 2.24) is 5.32 Å². The van der Waals surface area contributed by atoms with Gasteiger partial charge >= 0.3 is 5.97 Å². The number of hydrogen-bond acceptors (Lipinski definition) is 4. The van der Waals surface area contributed by atoms with E-state index in [0.717, 1.165) is 23.3 Å². The Bertz CT molecular complexity index is 718. The molecule has 0 unspecified atom stereocenters. The zero-order chi connectivity index (χ0) is 18.8. The molecule has 0 saturated heterocycles. The molecule has 2 rings (SSSR count). The van der Waals surface area contributed by atoms with Gasteiger partial charge in [0.15, 0.2) is 6.61 Å². The number of hydrogen-bond donors (Lipinski definition) is 1. The van der Waals surface area contributed by atoms with Crippen LogP contribution in [-0.2, 0) is 20.7 Å². The third-order valence-corrected chi connectivity index (χ3v) is 5.07. The van der Waals surface area contributed by atoms with Crippen molar-refractivity contribution in [3.8, 4) is 0 Å². The van der Waals surface area contributed by atoms with Gasteiger partial charge in [-0.3, -0.25) is 9.59 Å². The molecule has 4 nitrogen and oxygen atoms in total. The Balaban J connectivity index is 1.63. The fourth-order valence-electron chi connectivity index (χ4n) is 2.46. The Hall–Kier alpha value is -2.27. The highest BCUT2D eigenvalue weighted by Gasteiger charge is 2.11. The summed E-state index contributed by atoms with van der Waals surface area (Å²) in [6.45, 7) is 3.72. The van der Waals surface area contributed by atoms with Gasteiger partial charge in [-0.25, -0.2) is 0 Å². The molecule has 0 spiro atoms. The normalized spacial score (nSPS) is 11.6. The van der Waals surface area contributed by atoms with E-state index in [9.17, 15) is 9.59 Å². The lowest BCUT2D eigenvalue weighted by Gasteiger charge is -2.14. The van der Waals surface area contributed by atoms with E-state index in [1.54, 1.807) is 0 Å². The molecule has 2 aromatic carbocycles. The SMILES string of the molecule is Cc1ccccc1SCC(=O)OCC(=O)N[C@H](C)CCc1ccccc1. The Kier molecular flexibility index (Phi) is 8.22. The summed E-state index contributed by atoms with van der Waals surface area (Å²) in [6.07, 6.45) is 1.74. The molecule has 0 aliphatic carbocycles. The molecule has 5 heteroatoms. The Labute approximate surface area is 159 Å². The number of esters is 1. The summed E-state index contributed by atoms with van der Waals surface area (Å²) < 4.78 is 5.06. The molecular weight excluding hydrogens is 346 g/mol. The molecule has 1 atom stereocenters. The molecule has 0 aliphatic rings. The summed E-state index contributed by atoms with van der Waals surface area (Å²) in [6, 6.07) is 18.0. The van der Waals surface area contributed by atoms with Gasteiger partial charge in [-0.15, -0.1) is 11.8 Å². The highest BCUT2D eigenvalue weighted by atomic mass is 32.2. The minimum atomic E-state index is -0.384. The van der Waals surface area contributed by atoms with E-state index in [1.807, 2.05) is 56.3 Å². The van der Waals surface area contributed by atoms with E-state index < -0.39 is 0 Å². The van der Waals surface area contributed by atoms with Gasteiger partial charge in [0.05, 0.1) is 5.75 Å². The van der Waals surface area contributed by atoms with Crippen molar-refractivity contribution in [2.75, 3.05) is 12.4 Å². The lowest BCUT2D eigenvalue weighted by atomic mass is 10.1. The Morgan fingerprint density at radius 3 is 2.50 bits per heavy atom. The van der Waals surface area contributed by atoms with Crippen molar-refractivity contribution in [3.05, 3.63) is 65.7 Å². The van der Waals surface area contributed by atoms with E-state index >= 15 is 0 Å². The quantitative estimate of drug-likeness (QED) is 0.538. The fraction of sp³-hybridized carbons (Fsp3) is 0.333. The van der Waals surface area contributed by atoms with Crippen LogP contribution in [0.3, 0.4) is 0 Å². The van der Waals surface area contributed by atoms with Crippen LogP contribution < -0.4 is 5.32 Å². The molecule has 26 heavy (non-hydrogen) atoms. The summed E-state index contributed by atoms with van der Waals surface area (Å²) >= 11 is 1.42. The first kappa shape index (κ1) is 20.0. The third-order valence-electron chi connectivity index (χ3n) is 3.92. The Morgan fingerprint density at radius 1 is 1.08 bits per heavy atom. The van der Waals surface area contributed by atoms with Crippen LogP contribution in [0, 0.1) is 6.92 Å². The molecule has 138 valence electrons. The van der Waals surface area contributed by atoms with Crippen LogP contribution in [0.2, 0.25) is 0 Å². The van der Waals surface area contributed by atoms with E-state index in [2.05, 4.69) is 17.4 Å². The number of benzene rings is 2.